The van der Waals surface area contributed by atoms with Crippen LogP contribution in [0, 0.1) is 0 Å². The van der Waals surface area contributed by atoms with Gasteiger partial charge in [0, 0.05) is 11.1 Å². The van der Waals surface area contributed by atoms with Crippen LogP contribution in [-0.4, -0.2) is 23.4 Å². The maximum absolute atomic E-state index is 13.8. The van der Waals surface area contributed by atoms with Crippen molar-refractivity contribution in [1.29, 1.82) is 0 Å². The van der Waals surface area contributed by atoms with Crippen molar-refractivity contribution in [2.24, 2.45) is 0 Å². The van der Waals surface area contributed by atoms with Crippen LogP contribution in [0.4, 0.5) is 11.4 Å². The number of hydrogen-bond acceptors (Lipinski definition) is 4. The lowest BCUT2D eigenvalue weighted by molar-refractivity contribution is -0.118. The van der Waals surface area contributed by atoms with Crippen LogP contribution in [-0.2, 0) is 22.4 Å². The zero-order valence-electron chi connectivity index (χ0n) is 20.3. The molecule has 2 heterocycles. The van der Waals surface area contributed by atoms with Crippen LogP contribution >= 0.6 is 0 Å². The molecule has 0 saturated heterocycles. The maximum Gasteiger partial charge on any atom is 0.236 e. The number of carbonyl (C=O) groups excluding carboxylic acids is 4. The Kier molecular flexibility index (Phi) is 5.77. The van der Waals surface area contributed by atoms with E-state index in [2.05, 4.69) is 0 Å². The monoisotopic (exact) mass is 498 g/mol. The Hall–Kier alpha value is -5.10. The molecule has 0 N–H and O–H groups in total. The first-order valence-electron chi connectivity index (χ1n) is 12.3. The zero-order valence-corrected chi connectivity index (χ0v) is 20.3. The first-order chi connectivity index (χ1) is 18.5. The second-order valence-corrected chi connectivity index (χ2v) is 9.17. The summed E-state index contributed by atoms with van der Waals surface area (Å²) in [4.78, 5) is 57.8. The summed E-state index contributed by atoms with van der Waals surface area (Å²) in [5.74, 6) is -1.65. The molecule has 0 bridgehead atoms. The van der Waals surface area contributed by atoms with E-state index in [9.17, 15) is 19.2 Å². The van der Waals surface area contributed by atoms with Crippen LogP contribution in [0.15, 0.2) is 121 Å². The summed E-state index contributed by atoms with van der Waals surface area (Å²) in [6, 6.07) is 32.0. The molecule has 6 rings (SSSR count). The number of Topliss-reactive ketones (excluding diaryl/α,β-unsaturated/α-hetero) is 2. The largest absolute Gasteiger partial charge is 0.287 e. The fraction of sp³-hybridized carbons (Fsp3) is 0.0625. The normalized spacial score (nSPS) is 16.0. The molecule has 0 unspecified atom stereocenters. The molecule has 0 fully saturated rings. The van der Waals surface area contributed by atoms with Crippen molar-refractivity contribution in [3.05, 3.63) is 143 Å². The molecule has 6 heteroatoms. The highest BCUT2D eigenvalue weighted by Crippen LogP contribution is 2.43. The number of rotatable bonds is 4. The van der Waals surface area contributed by atoms with Crippen LogP contribution in [0.5, 0.6) is 0 Å². The van der Waals surface area contributed by atoms with Gasteiger partial charge >= 0.3 is 0 Å². The molecule has 2 aliphatic rings. The summed E-state index contributed by atoms with van der Waals surface area (Å²) >= 11 is 0. The highest BCUT2D eigenvalue weighted by atomic mass is 16.2. The lowest BCUT2D eigenvalue weighted by atomic mass is 10.1. The van der Waals surface area contributed by atoms with Gasteiger partial charge in [0.05, 0.1) is 24.2 Å². The van der Waals surface area contributed by atoms with Gasteiger partial charge < -0.3 is 0 Å². The van der Waals surface area contributed by atoms with E-state index in [0.29, 0.717) is 22.5 Å². The molecular weight excluding hydrogens is 476 g/mol. The molecule has 0 aliphatic carbocycles. The van der Waals surface area contributed by atoms with Gasteiger partial charge in [-0.1, -0.05) is 84.9 Å². The molecule has 4 aromatic carbocycles. The van der Waals surface area contributed by atoms with Crippen molar-refractivity contribution in [1.82, 2.24) is 0 Å². The van der Waals surface area contributed by atoms with E-state index in [1.165, 1.54) is 9.80 Å². The number of fused-ring (bicyclic) bond motifs is 2. The van der Waals surface area contributed by atoms with E-state index in [-0.39, 0.29) is 36.1 Å². The van der Waals surface area contributed by atoms with Crippen LogP contribution in [0.1, 0.15) is 31.8 Å². The number of anilines is 2. The third-order valence-corrected chi connectivity index (χ3v) is 6.78. The van der Waals surface area contributed by atoms with E-state index in [4.69, 9.17) is 0 Å². The Balaban J connectivity index is 1.52. The van der Waals surface area contributed by atoms with Gasteiger partial charge in [0.1, 0.15) is 11.4 Å². The Labute approximate surface area is 219 Å². The van der Waals surface area contributed by atoms with Gasteiger partial charge in [0.15, 0.2) is 0 Å². The predicted molar refractivity (Wildman–Crippen MR) is 144 cm³/mol. The molecule has 0 radical (unpaired) electrons. The number of benzene rings is 4. The molecule has 0 atom stereocenters. The minimum absolute atomic E-state index is 0.0261. The van der Waals surface area contributed by atoms with Crippen molar-refractivity contribution < 1.29 is 19.2 Å². The van der Waals surface area contributed by atoms with Crippen molar-refractivity contribution in [2.45, 2.75) is 12.8 Å². The second-order valence-electron chi connectivity index (χ2n) is 9.17. The number of hydrogen-bond donors (Lipinski definition) is 0. The van der Waals surface area contributed by atoms with Crippen molar-refractivity contribution in [3.8, 4) is 0 Å². The number of ketones is 2. The average Bonchev–Trinajstić information content (AvgIpc) is 3.40. The fourth-order valence-corrected chi connectivity index (χ4v) is 5.06. The van der Waals surface area contributed by atoms with Crippen LogP contribution < -0.4 is 9.80 Å². The Morgan fingerprint density at radius 2 is 0.816 bits per heavy atom. The molecule has 184 valence electrons. The lowest BCUT2D eigenvalue weighted by Gasteiger charge is -2.24. The number of para-hydroxylation sites is 2. The summed E-state index contributed by atoms with van der Waals surface area (Å²) in [6.07, 6.45) is 0.0523. The molecule has 0 aromatic heterocycles. The topological polar surface area (TPSA) is 74.8 Å². The molecule has 2 amide bonds. The number of nitrogens with zero attached hydrogens (tertiary/aromatic N) is 2. The van der Waals surface area contributed by atoms with E-state index >= 15 is 0 Å². The molecule has 38 heavy (non-hydrogen) atoms. The average molecular weight is 499 g/mol. The molecule has 0 saturated carbocycles. The van der Waals surface area contributed by atoms with E-state index in [1.54, 1.807) is 48.5 Å². The van der Waals surface area contributed by atoms with Gasteiger partial charge in [-0.2, -0.15) is 0 Å². The van der Waals surface area contributed by atoms with Gasteiger partial charge in [0.25, 0.3) is 0 Å². The summed E-state index contributed by atoms with van der Waals surface area (Å²) in [6.45, 7) is 0. The van der Waals surface area contributed by atoms with E-state index in [1.807, 2.05) is 60.7 Å². The third kappa shape index (κ3) is 3.83. The summed E-state index contributed by atoms with van der Waals surface area (Å²) in [5, 5.41) is 0. The van der Waals surface area contributed by atoms with E-state index < -0.39 is 11.6 Å². The van der Waals surface area contributed by atoms with Crippen molar-refractivity contribution >= 4 is 34.8 Å². The van der Waals surface area contributed by atoms with Crippen LogP contribution in [0.25, 0.3) is 0 Å². The number of allylic oxidation sites excluding steroid dienone is 2. The SMILES string of the molecule is O=C1/C(=C2\C(=O)c3ccccc3N2C(=O)Cc2ccccc2)N(C(=O)Cc2ccccc2)c2ccccc21. The molecule has 6 nitrogen and oxygen atoms in total. The second kappa shape index (κ2) is 9.41. The number of carbonyl (C=O) groups is 4. The first kappa shape index (κ1) is 23.3. The highest BCUT2D eigenvalue weighted by molar-refractivity contribution is 6.34. The van der Waals surface area contributed by atoms with Gasteiger partial charge in [-0.05, 0) is 35.4 Å². The Morgan fingerprint density at radius 1 is 0.474 bits per heavy atom. The molecule has 0 spiro atoms. The van der Waals surface area contributed by atoms with Gasteiger partial charge in [0.2, 0.25) is 23.4 Å². The highest BCUT2D eigenvalue weighted by Gasteiger charge is 2.46. The van der Waals surface area contributed by atoms with Crippen LogP contribution in [0.2, 0.25) is 0 Å². The van der Waals surface area contributed by atoms with Crippen molar-refractivity contribution in [3.63, 3.8) is 0 Å². The lowest BCUT2D eigenvalue weighted by Crippen LogP contribution is -2.37. The quantitative estimate of drug-likeness (QED) is 0.365. The minimum Gasteiger partial charge on any atom is -0.287 e. The van der Waals surface area contributed by atoms with E-state index in [0.717, 1.165) is 11.1 Å². The summed E-state index contributed by atoms with van der Waals surface area (Å²) < 4.78 is 0. The standard InChI is InChI=1S/C32H22N2O4/c35-27(19-21-11-3-1-4-12-21)33-25-17-9-7-15-23(25)31(37)29(33)30-32(38)24-16-8-10-18-26(24)34(30)28(36)20-22-13-5-2-6-14-22/h1-18H,19-20H2/b30-29-. The van der Waals surface area contributed by atoms with Crippen LogP contribution in [0.3, 0.4) is 0 Å². The first-order valence-corrected chi connectivity index (χ1v) is 12.3. The third-order valence-electron chi connectivity index (χ3n) is 6.78. The minimum atomic E-state index is -0.462. The summed E-state index contributed by atoms with van der Waals surface area (Å²) in [7, 11) is 0. The van der Waals surface area contributed by atoms with Gasteiger partial charge in [-0.25, -0.2) is 0 Å². The fourth-order valence-electron chi connectivity index (χ4n) is 5.06. The maximum atomic E-state index is 13.8. The zero-order chi connectivity index (χ0) is 26.2. The molecule has 4 aromatic rings. The number of amides is 2. The smallest absolute Gasteiger partial charge is 0.236 e. The molecule has 2 aliphatic heterocycles. The Morgan fingerprint density at radius 3 is 1.21 bits per heavy atom. The van der Waals surface area contributed by atoms with Gasteiger partial charge in [-0.15, -0.1) is 0 Å². The Bertz CT molecular complexity index is 1520. The van der Waals surface area contributed by atoms with Gasteiger partial charge in [-0.3, -0.25) is 29.0 Å². The van der Waals surface area contributed by atoms with Crippen molar-refractivity contribution in [2.75, 3.05) is 9.80 Å². The molecular formula is C32H22N2O4. The predicted octanol–water partition coefficient (Wildman–Crippen LogP) is 5.14. The summed E-state index contributed by atoms with van der Waals surface area (Å²) in [5.41, 5.74) is 2.81.